The molecule has 0 aliphatic heterocycles. The summed E-state index contributed by atoms with van der Waals surface area (Å²) in [6.07, 6.45) is 20.8. The maximum atomic E-state index is 5.01. The maximum absolute atomic E-state index is 5.01. The lowest BCUT2D eigenvalue weighted by Crippen LogP contribution is -1.86. The lowest BCUT2D eigenvalue weighted by Gasteiger charge is -1.85. The first-order valence-corrected chi connectivity index (χ1v) is 32.7. The number of oxazole rings is 1. The molecule has 0 aliphatic rings. The number of nitrogens with zero attached hydrogens (tertiary/aromatic N) is 17. The summed E-state index contributed by atoms with van der Waals surface area (Å²) in [4.78, 5) is 30.1. The molecular weight excluding hydrogens is 1300 g/mol. The minimum atomic E-state index is 0.637. The fourth-order valence-corrected chi connectivity index (χ4v) is 10.8. The van der Waals surface area contributed by atoms with E-state index < -0.39 is 0 Å². The number of hydrogen-bond donors (Lipinski definition) is 4. The van der Waals surface area contributed by atoms with Gasteiger partial charge in [0, 0.05) is 64.9 Å². The Morgan fingerprint density at radius 2 is 1.03 bits per heavy atom. The number of aromatic amines is 4. The van der Waals surface area contributed by atoms with E-state index in [1.54, 1.807) is 57.7 Å². The van der Waals surface area contributed by atoms with Crippen molar-refractivity contribution < 1.29 is 8.94 Å². The molecule has 0 spiro atoms. The van der Waals surface area contributed by atoms with Crippen LogP contribution in [0.4, 0.5) is 0 Å². The summed E-state index contributed by atoms with van der Waals surface area (Å²) in [5.41, 5.74) is 14.7. The third-order valence-electron chi connectivity index (χ3n) is 13.7. The lowest BCUT2D eigenvalue weighted by atomic mass is 10.3. The first kappa shape index (κ1) is 65.6. The molecule has 22 aromatic rings. The van der Waals surface area contributed by atoms with Gasteiger partial charge in [-0.15, -0.1) is 11.3 Å². The van der Waals surface area contributed by atoms with Gasteiger partial charge in [0.15, 0.2) is 23.2 Å². The van der Waals surface area contributed by atoms with Crippen LogP contribution in [0.3, 0.4) is 0 Å². The van der Waals surface area contributed by atoms with Gasteiger partial charge in [0.05, 0.1) is 73.6 Å². The number of hydrogen-bond acceptors (Lipinski definition) is 20. The number of thiazole rings is 1. The van der Waals surface area contributed by atoms with Crippen LogP contribution in [0.2, 0.25) is 0 Å². The Labute approximate surface area is 574 Å². The Morgan fingerprint density at radius 3 is 1.74 bits per heavy atom. The van der Waals surface area contributed by atoms with Crippen molar-refractivity contribution in [2.75, 3.05) is 0 Å². The van der Waals surface area contributed by atoms with Gasteiger partial charge in [-0.25, -0.2) is 34.0 Å². The number of H-pyrrole nitrogens is 4. The summed E-state index contributed by atoms with van der Waals surface area (Å²) < 4.78 is 27.9. The molecular formula is C73H57N21O2S3. The third kappa shape index (κ3) is 19.1. The molecule has 4 N–H and O–H groups in total. The molecule has 0 saturated carbocycles. The van der Waals surface area contributed by atoms with Crippen LogP contribution in [0.25, 0.3) is 109 Å². The molecule has 13 heterocycles. The van der Waals surface area contributed by atoms with E-state index in [1.165, 1.54) is 61.7 Å². The van der Waals surface area contributed by atoms with Gasteiger partial charge in [-0.1, -0.05) is 133 Å². The van der Waals surface area contributed by atoms with Gasteiger partial charge in [-0.05, 0) is 126 Å². The smallest absolute Gasteiger partial charge is 0.252 e. The first-order valence-electron chi connectivity index (χ1n) is 30.3. The average molecular weight is 1360 g/mol. The summed E-state index contributed by atoms with van der Waals surface area (Å²) in [7, 11) is 0. The van der Waals surface area contributed by atoms with Crippen LogP contribution in [-0.2, 0) is 0 Å². The normalized spacial score (nSPS) is 10.2. The zero-order chi connectivity index (χ0) is 67.1. The topological polar surface area (TPSA) is 292 Å². The summed E-state index contributed by atoms with van der Waals surface area (Å²) in [6.45, 7) is 0. The average Bonchev–Trinajstić information content (AvgIpc) is 4.49. The monoisotopic (exact) mass is 1360 g/mol. The Hall–Kier alpha value is -13.4. The number of benzene rings is 9. The van der Waals surface area contributed by atoms with E-state index in [1.807, 2.05) is 237 Å². The number of imidazole rings is 1. The van der Waals surface area contributed by atoms with Crippen molar-refractivity contribution in [3.8, 4) is 0 Å². The highest BCUT2D eigenvalue weighted by Gasteiger charge is 1.97. The number of fused-ring (bicyclic) bond motifs is 11. The van der Waals surface area contributed by atoms with Crippen molar-refractivity contribution in [2.45, 2.75) is 0 Å². The van der Waals surface area contributed by atoms with Gasteiger partial charge in [0.25, 0.3) is 5.78 Å². The van der Waals surface area contributed by atoms with Gasteiger partial charge in [0.1, 0.15) is 33.9 Å². The Balaban J connectivity index is 0.000000103. The van der Waals surface area contributed by atoms with Crippen molar-refractivity contribution in [3.05, 3.63) is 323 Å². The molecule has 0 fully saturated rings. The molecule has 484 valence electrons. The molecule has 26 heteroatoms. The van der Waals surface area contributed by atoms with E-state index in [4.69, 9.17) is 8.94 Å². The zero-order valence-electron chi connectivity index (χ0n) is 52.2. The molecule has 0 saturated heterocycles. The van der Waals surface area contributed by atoms with Gasteiger partial charge < -0.3 is 18.9 Å². The molecule has 22 rings (SSSR count). The molecule has 0 atom stereocenters. The second-order valence-electron chi connectivity index (χ2n) is 20.3. The van der Waals surface area contributed by atoms with Gasteiger partial charge in [-0.2, -0.15) is 48.8 Å². The Bertz CT molecular complexity index is 4380. The number of para-hydroxylation sites is 10. The van der Waals surface area contributed by atoms with Crippen molar-refractivity contribution in [1.82, 2.24) is 103 Å². The van der Waals surface area contributed by atoms with Crippen LogP contribution in [0.1, 0.15) is 0 Å². The molecule has 13 aromatic heterocycles. The van der Waals surface area contributed by atoms with Crippen LogP contribution in [0.15, 0.2) is 332 Å². The van der Waals surface area contributed by atoms with E-state index in [2.05, 4.69) is 130 Å². The second-order valence-corrected chi connectivity index (χ2v) is 22.5. The van der Waals surface area contributed by atoms with Gasteiger partial charge in [-0.3, -0.25) is 5.10 Å². The maximum Gasteiger partial charge on any atom is 0.252 e. The number of rotatable bonds is 0. The predicted molar refractivity (Wildman–Crippen MR) is 393 cm³/mol. The van der Waals surface area contributed by atoms with E-state index >= 15 is 0 Å². The quantitative estimate of drug-likeness (QED) is 0.110. The van der Waals surface area contributed by atoms with E-state index in [-0.39, 0.29) is 0 Å². The molecule has 0 aliphatic carbocycles. The molecule has 9 aromatic carbocycles. The van der Waals surface area contributed by atoms with Crippen molar-refractivity contribution in [1.29, 1.82) is 0 Å². The fraction of sp³-hybridized carbons (Fsp3) is 0. The molecule has 23 nitrogen and oxygen atoms in total. The van der Waals surface area contributed by atoms with Crippen LogP contribution < -0.4 is 0 Å². The Morgan fingerprint density at radius 1 is 0.404 bits per heavy atom. The summed E-state index contributed by atoms with van der Waals surface area (Å²) >= 11 is 4.47. The molecule has 0 amide bonds. The van der Waals surface area contributed by atoms with Crippen molar-refractivity contribution >= 4 is 143 Å². The number of aromatic nitrogens is 21. The van der Waals surface area contributed by atoms with Crippen LogP contribution in [-0.4, -0.2) is 103 Å². The van der Waals surface area contributed by atoms with E-state index in [0.29, 0.717) is 5.78 Å². The highest BCUT2D eigenvalue weighted by Crippen LogP contribution is 2.18. The fourth-order valence-electron chi connectivity index (χ4n) is 8.93. The van der Waals surface area contributed by atoms with Crippen LogP contribution in [0, 0.1) is 0 Å². The molecule has 0 radical (unpaired) electrons. The SMILES string of the molecule is c1ccc2[nH]ccc2c1.c1ccc2[nH]cnc2c1.c1ccc2[nH]ncc2c1.c1ccc2n[nH]nc2c1.c1ccc2nsnc2c1.c1ccc2ocnc2c1.c1ccc2oncc2c1.c1ccc2scnc2c1.c1ccc2sncc2c1.c1cnc2ccnn2c1.c1cnc2ncnn2c1. The highest BCUT2D eigenvalue weighted by molar-refractivity contribution is 7.16. The number of nitrogens with one attached hydrogen (secondary N) is 4. The first-order chi connectivity index (χ1) is 49.1. The largest absolute Gasteiger partial charge is 0.443 e. The van der Waals surface area contributed by atoms with Gasteiger partial charge >= 0.3 is 0 Å². The van der Waals surface area contributed by atoms with Gasteiger partial charge in [0.2, 0.25) is 0 Å². The standard InChI is InChI=1S/C8H7N.2C7H6N2.2C7H5NO.2C7H5NS.2C6H5N3.C6H4N2S.C5H4N4/c1-2-4-8-7(3-1)5-6-9-8;1-2-4-7-6(3-1)8-5-9-7;1-2-4-7-6(3-1)5-8-9-7;1-2-4-7-6(3-1)8-5-9-7;1-2-4-7-6(3-1)5-8-9-7;1-2-4-7-6(3-1)8-5-9-7;1-2-4-7-6(3-1)5-8-9-7;1-3-7-6-2-4-8-9(6)5-1;2*1-2-4-6-5(3-1)7-9-8-6;1-2-6-5-7-4-8-9(5)3-1/h1-6,9H;2*1-5H,(H,8,9);5*1-5H;1-4H,(H,7,8,9);2*1-4H. The summed E-state index contributed by atoms with van der Waals surface area (Å²) in [6, 6.07) is 79.0. The van der Waals surface area contributed by atoms with Crippen LogP contribution >= 0.6 is 34.6 Å². The summed E-state index contributed by atoms with van der Waals surface area (Å²) in [5.74, 6) is 0.637. The van der Waals surface area contributed by atoms with E-state index in [9.17, 15) is 0 Å². The zero-order valence-corrected chi connectivity index (χ0v) is 54.7. The minimum absolute atomic E-state index is 0.637. The van der Waals surface area contributed by atoms with Crippen LogP contribution in [0.5, 0.6) is 0 Å². The highest BCUT2D eigenvalue weighted by atomic mass is 32.1. The summed E-state index contributed by atoms with van der Waals surface area (Å²) in [5, 5.41) is 33.2. The lowest BCUT2D eigenvalue weighted by molar-refractivity contribution is 0.456. The van der Waals surface area contributed by atoms with Crippen molar-refractivity contribution in [2.24, 2.45) is 0 Å². The predicted octanol–water partition coefficient (Wildman–Crippen LogP) is 17.0. The second kappa shape index (κ2) is 35.2. The molecule has 0 bridgehead atoms. The minimum Gasteiger partial charge on any atom is -0.443 e. The molecule has 0 unspecified atom stereocenters. The third-order valence-corrected chi connectivity index (χ3v) is 15.9. The van der Waals surface area contributed by atoms with Crippen molar-refractivity contribution in [3.63, 3.8) is 0 Å². The van der Waals surface area contributed by atoms with E-state index in [0.717, 1.165) is 77.2 Å². The Kier molecular flexibility index (Phi) is 23.3. The molecule has 99 heavy (non-hydrogen) atoms.